The van der Waals surface area contributed by atoms with Crippen molar-refractivity contribution in [3.05, 3.63) is 24.3 Å². The Kier molecular flexibility index (Phi) is 8.07. The van der Waals surface area contributed by atoms with Gasteiger partial charge in [-0.25, -0.2) is 0 Å². The van der Waals surface area contributed by atoms with E-state index in [1.807, 2.05) is 24.3 Å². The Morgan fingerprint density at radius 1 is 1.00 bits per heavy atom. The third-order valence-corrected chi connectivity index (χ3v) is 2.62. The van der Waals surface area contributed by atoms with E-state index >= 15 is 0 Å². The minimum atomic E-state index is 0.705. The Hall–Kier alpha value is -1.22. The second-order valence-electron chi connectivity index (χ2n) is 5.12. The molecule has 0 bridgehead atoms. The minimum absolute atomic E-state index is 0.705. The first-order valence-corrected chi connectivity index (χ1v) is 7.28. The normalized spacial score (nSPS) is 10.7. The number of ether oxygens (including phenoxy) is 2. The smallest absolute Gasteiger partial charge is 0.119 e. The van der Waals surface area contributed by atoms with Crippen molar-refractivity contribution in [3.63, 3.8) is 0 Å². The maximum Gasteiger partial charge on any atom is 0.119 e. The van der Waals surface area contributed by atoms with Crippen LogP contribution in [0.25, 0.3) is 0 Å². The molecular formula is C16H27NO2. The molecule has 0 aromatic heterocycles. The maximum absolute atomic E-state index is 5.68. The van der Waals surface area contributed by atoms with Crippen LogP contribution in [0.5, 0.6) is 11.5 Å². The molecule has 3 nitrogen and oxygen atoms in total. The van der Waals surface area contributed by atoms with Crippen molar-refractivity contribution in [1.82, 2.24) is 5.32 Å². The summed E-state index contributed by atoms with van der Waals surface area (Å²) in [5.74, 6) is 2.53. The van der Waals surface area contributed by atoms with Crippen LogP contribution in [-0.4, -0.2) is 26.3 Å². The molecule has 1 rings (SSSR count). The Bertz CT molecular complexity index is 322. The number of rotatable bonds is 10. The summed E-state index contributed by atoms with van der Waals surface area (Å²) in [4.78, 5) is 0. The number of nitrogens with one attached hydrogen (secondary N) is 1. The van der Waals surface area contributed by atoms with Crippen molar-refractivity contribution in [2.24, 2.45) is 5.92 Å². The van der Waals surface area contributed by atoms with Gasteiger partial charge in [-0.05, 0) is 56.1 Å². The van der Waals surface area contributed by atoms with Crippen LogP contribution in [0.15, 0.2) is 24.3 Å². The number of hydrogen-bond donors (Lipinski definition) is 1. The minimum Gasteiger partial charge on any atom is -0.494 e. The highest BCUT2D eigenvalue weighted by Crippen LogP contribution is 2.17. The van der Waals surface area contributed by atoms with Crippen molar-refractivity contribution in [1.29, 1.82) is 0 Å². The molecule has 0 fully saturated rings. The van der Waals surface area contributed by atoms with Gasteiger partial charge in [0.05, 0.1) is 13.2 Å². The van der Waals surface area contributed by atoms with E-state index in [0.29, 0.717) is 5.92 Å². The number of benzene rings is 1. The van der Waals surface area contributed by atoms with Crippen LogP contribution in [0.2, 0.25) is 0 Å². The zero-order valence-electron chi connectivity index (χ0n) is 12.4. The highest BCUT2D eigenvalue weighted by atomic mass is 16.5. The van der Waals surface area contributed by atoms with E-state index in [1.165, 1.54) is 0 Å². The molecule has 1 aromatic carbocycles. The van der Waals surface area contributed by atoms with E-state index in [2.05, 4.69) is 26.1 Å². The summed E-state index contributed by atoms with van der Waals surface area (Å²) in [6, 6.07) is 7.85. The lowest BCUT2D eigenvalue weighted by molar-refractivity contribution is 0.302. The van der Waals surface area contributed by atoms with Gasteiger partial charge < -0.3 is 14.8 Å². The van der Waals surface area contributed by atoms with Gasteiger partial charge in [0.25, 0.3) is 0 Å². The molecule has 108 valence electrons. The van der Waals surface area contributed by atoms with E-state index in [1.54, 1.807) is 0 Å². The molecule has 0 aliphatic carbocycles. The molecule has 1 N–H and O–H groups in total. The van der Waals surface area contributed by atoms with Gasteiger partial charge in [-0.15, -0.1) is 0 Å². The zero-order chi connectivity index (χ0) is 13.9. The summed E-state index contributed by atoms with van der Waals surface area (Å²) >= 11 is 0. The summed E-state index contributed by atoms with van der Waals surface area (Å²) in [6.45, 7) is 10.1. The van der Waals surface area contributed by atoms with Crippen molar-refractivity contribution < 1.29 is 9.47 Å². The second kappa shape index (κ2) is 9.68. The largest absolute Gasteiger partial charge is 0.494 e. The summed E-state index contributed by atoms with van der Waals surface area (Å²) in [6.07, 6.45) is 2.06. The monoisotopic (exact) mass is 265 g/mol. The maximum atomic E-state index is 5.68. The molecule has 0 aliphatic heterocycles. The fourth-order valence-corrected chi connectivity index (χ4v) is 1.63. The van der Waals surface area contributed by atoms with Gasteiger partial charge in [-0.2, -0.15) is 0 Å². The lowest BCUT2D eigenvalue weighted by Crippen LogP contribution is -2.22. The lowest BCUT2D eigenvalue weighted by atomic mass is 10.2. The fraction of sp³-hybridized carbons (Fsp3) is 0.625. The SMILES string of the molecule is CCCOc1ccc(OCCCNCC(C)C)cc1. The Morgan fingerprint density at radius 3 is 2.11 bits per heavy atom. The van der Waals surface area contributed by atoms with Gasteiger partial charge in [-0.3, -0.25) is 0 Å². The molecule has 19 heavy (non-hydrogen) atoms. The molecular weight excluding hydrogens is 238 g/mol. The zero-order valence-corrected chi connectivity index (χ0v) is 12.4. The van der Waals surface area contributed by atoms with E-state index in [4.69, 9.17) is 9.47 Å². The molecule has 0 unspecified atom stereocenters. The van der Waals surface area contributed by atoms with Crippen LogP contribution in [0.1, 0.15) is 33.6 Å². The predicted molar refractivity (Wildman–Crippen MR) is 80.0 cm³/mol. The fourth-order valence-electron chi connectivity index (χ4n) is 1.63. The third kappa shape index (κ3) is 7.73. The Morgan fingerprint density at radius 2 is 1.58 bits per heavy atom. The van der Waals surface area contributed by atoms with E-state index in [9.17, 15) is 0 Å². The molecule has 3 heteroatoms. The first kappa shape index (κ1) is 15.8. The molecule has 1 aromatic rings. The average Bonchev–Trinajstić information content (AvgIpc) is 2.41. The van der Waals surface area contributed by atoms with Crippen molar-refractivity contribution >= 4 is 0 Å². The van der Waals surface area contributed by atoms with Crippen LogP contribution in [0.4, 0.5) is 0 Å². The highest BCUT2D eigenvalue weighted by molar-refractivity contribution is 5.31. The summed E-state index contributed by atoms with van der Waals surface area (Å²) < 4.78 is 11.2. The summed E-state index contributed by atoms with van der Waals surface area (Å²) in [7, 11) is 0. The molecule has 0 radical (unpaired) electrons. The molecule has 0 atom stereocenters. The van der Waals surface area contributed by atoms with E-state index in [0.717, 1.165) is 50.6 Å². The second-order valence-corrected chi connectivity index (χ2v) is 5.12. The lowest BCUT2D eigenvalue weighted by Gasteiger charge is -2.09. The first-order chi connectivity index (χ1) is 9.22. The van der Waals surface area contributed by atoms with Gasteiger partial charge in [0, 0.05) is 0 Å². The van der Waals surface area contributed by atoms with Gasteiger partial charge in [0.2, 0.25) is 0 Å². The number of hydrogen-bond acceptors (Lipinski definition) is 3. The van der Waals surface area contributed by atoms with Crippen LogP contribution in [0, 0.1) is 5.92 Å². The van der Waals surface area contributed by atoms with Crippen LogP contribution >= 0.6 is 0 Å². The van der Waals surface area contributed by atoms with Crippen LogP contribution < -0.4 is 14.8 Å². The Labute approximate surface area is 117 Å². The van der Waals surface area contributed by atoms with Crippen molar-refractivity contribution in [2.75, 3.05) is 26.3 Å². The van der Waals surface area contributed by atoms with Crippen molar-refractivity contribution in [3.8, 4) is 11.5 Å². The highest BCUT2D eigenvalue weighted by Gasteiger charge is 1.97. The Balaban J connectivity index is 2.12. The molecule has 0 saturated heterocycles. The van der Waals surface area contributed by atoms with Crippen LogP contribution in [-0.2, 0) is 0 Å². The van der Waals surface area contributed by atoms with E-state index < -0.39 is 0 Å². The average molecular weight is 265 g/mol. The summed E-state index contributed by atoms with van der Waals surface area (Å²) in [5, 5.41) is 3.40. The van der Waals surface area contributed by atoms with Gasteiger partial charge in [0.1, 0.15) is 11.5 Å². The molecule has 0 amide bonds. The van der Waals surface area contributed by atoms with Gasteiger partial charge in [-0.1, -0.05) is 20.8 Å². The topological polar surface area (TPSA) is 30.5 Å². The molecule has 0 saturated carbocycles. The molecule has 0 spiro atoms. The quantitative estimate of drug-likeness (QED) is 0.657. The first-order valence-electron chi connectivity index (χ1n) is 7.28. The van der Waals surface area contributed by atoms with Gasteiger partial charge in [0.15, 0.2) is 0 Å². The molecule has 0 heterocycles. The summed E-state index contributed by atoms with van der Waals surface area (Å²) in [5.41, 5.74) is 0. The van der Waals surface area contributed by atoms with Crippen molar-refractivity contribution in [2.45, 2.75) is 33.6 Å². The van der Waals surface area contributed by atoms with Gasteiger partial charge >= 0.3 is 0 Å². The predicted octanol–water partition coefficient (Wildman–Crippen LogP) is 3.49. The third-order valence-electron chi connectivity index (χ3n) is 2.62. The van der Waals surface area contributed by atoms with Crippen LogP contribution in [0.3, 0.4) is 0 Å². The standard InChI is InChI=1S/C16H27NO2/c1-4-11-18-15-6-8-16(9-7-15)19-12-5-10-17-13-14(2)3/h6-9,14,17H,4-5,10-13H2,1-3H3. The molecule has 0 aliphatic rings. The van der Waals surface area contributed by atoms with E-state index in [-0.39, 0.29) is 0 Å².